The summed E-state index contributed by atoms with van der Waals surface area (Å²) in [6, 6.07) is 0. The first-order valence-electron chi connectivity index (χ1n) is 6.13. The van der Waals surface area contributed by atoms with E-state index in [1.807, 2.05) is 10.9 Å². The van der Waals surface area contributed by atoms with Crippen molar-refractivity contribution in [3.63, 3.8) is 0 Å². The van der Waals surface area contributed by atoms with Crippen LogP contribution in [0.3, 0.4) is 0 Å². The van der Waals surface area contributed by atoms with Gasteiger partial charge >= 0.3 is 5.97 Å². The molecule has 94 valence electrons. The number of aliphatic carboxylic acids is 1. The van der Waals surface area contributed by atoms with Crippen LogP contribution in [-0.2, 0) is 17.9 Å². The molecule has 1 fully saturated rings. The molecule has 17 heavy (non-hydrogen) atoms. The minimum absolute atomic E-state index is 0.296. The van der Waals surface area contributed by atoms with Crippen LogP contribution in [-0.4, -0.2) is 38.8 Å². The molecule has 0 saturated carbocycles. The fourth-order valence-corrected chi connectivity index (χ4v) is 2.39. The van der Waals surface area contributed by atoms with Gasteiger partial charge in [-0.25, -0.2) is 0 Å². The van der Waals surface area contributed by atoms with Gasteiger partial charge in [0.25, 0.3) is 0 Å². The van der Waals surface area contributed by atoms with Crippen molar-refractivity contribution in [1.29, 1.82) is 0 Å². The average Bonchev–Trinajstić information content (AvgIpc) is 2.88. The number of carboxylic acids is 1. The van der Waals surface area contributed by atoms with Gasteiger partial charge in [-0.2, -0.15) is 5.10 Å². The zero-order chi connectivity index (χ0) is 12.3. The number of hydrogen-bond donors (Lipinski definition) is 1. The van der Waals surface area contributed by atoms with E-state index < -0.39 is 5.97 Å². The average molecular weight is 237 g/mol. The molecule has 2 heterocycles. The van der Waals surface area contributed by atoms with E-state index in [1.165, 1.54) is 5.56 Å². The van der Waals surface area contributed by atoms with Crippen molar-refractivity contribution in [2.75, 3.05) is 13.1 Å². The molecule has 1 aromatic rings. The number of carboxylic acid groups (broad SMARTS) is 1. The molecule has 0 aliphatic carbocycles. The Balaban J connectivity index is 1.83. The lowest BCUT2D eigenvalue weighted by Gasteiger charge is -2.14. The summed E-state index contributed by atoms with van der Waals surface area (Å²) in [7, 11) is 0. The molecule has 2 rings (SSSR count). The highest BCUT2D eigenvalue weighted by Crippen LogP contribution is 2.21. The van der Waals surface area contributed by atoms with Crippen LogP contribution in [0.5, 0.6) is 0 Å². The second-order valence-corrected chi connectivity index (χ2v) is 4.69. The van der Waals surface area contributed by atoms with Crippen LogP contribution in [0.15, 0.2) is 12.4 Å². The molecule has 0 bridgehead atoms. The summed E-state index contributed by atoms with van der Waals surface area (Å²) in [6.45, 7) is 5.73. The lowest BCUT2D eigenvalue weighted by Crippen LogP contribution is -2.20. The molecule has 1 saturated heterocycles. The van der Waals surface area contributed by atoms with Crippen LogP contribution in [0.4, 0.5) is 0 Å². The lowest BCUT2D eigenvalue weighted by molar-refractivity contribution is -0.138. The summed E-state index contributed by atoms with van der Waals surface area (Å²) in [5.41, 5.74) is 1.21. The second-order valence-electron chi connectivity index (χ2n) is 4.69. The van der Waals surface area contributed by atoms with Crippen LogP contribution >= 0.6 is 0 Å². The van der Waals surface area contributed by atoms with Crippen molar-refractivity contribution in [1.82, 2.24) is 14.7 Å². The molecule has 0 aromatic carbocycles. The number of nitrogens with zero attached hydrogens (tertiary/aromatic N) is 3. The van der Waals surface area contributed by atoms with Gasteiger partial charge in [-0.05, 0) is 25.8 Å². The summed E-state index contributed by atoms with van der Waals surface area (Å²) >= 11 is 0. The third-order valence-electron chi connectivity index (χ3n) is 3.25. The number of aromatic nitrogens is 2. The van der Waals surface area contributed by atoms with E-state index in [0.29, 0.717) is 12.3 Å². The summed E-state index contributed by atoms with van der Waals surface area (Å²) in [5, 5.41) is 13.0. The quantitative estimate of drug-likeness (QED) is 0.836. The van der Waals surface area contributed by atoms with Crippen LogP contribution < -0.4 is 0 Å². The Kier molecular flexibility index (Phi) is 3.78. The van der Waals surface area contributed by atoms with Crippen molar-refractivity contribution >= 4 is 5.97 Å². The van der Waals surface area contributed by atoms with Gasteiger partial charge in [0, 0.05) is 37.8 Å². The van der Waals surface area contributed by atoms with Crippen molar-refractivity contribution in [3.8, 4) is 0 Å². The van der Waals surface area contributed by atoms with Gasteiger partial charge in [-0.1, -0.05) is 0 Å². The maximum absolute atomic E-state index is 10.6. The van der Waals surface area contributed by atoms with Gasteiger partial charge in [0.05, 0.1) is 6.20 Å². The van der Waals surface area contributed by atoms with E-state index in [1.54, 1.807) is 0 Å². The molecule has 0 amide bonds. The van der Waals surface area contributed by atoms with Crippen molar-refractivity contribution < 1.29 is 9.90 Å². The fraction of sp³-hybridized carbons (Fsp3) is 0.667. The Morgan fingerprint density at radius 2 is 2.47 bits per heavy atom. The predicted molar refractivity (Wildman–Crippen MR) is 63.5 cm³/mol. The number of rotatable bonds is 5. The topological polar surface area (TPSA) is 58.4 Å². The summed E-state index contributed by atoms with van der Waals surface area (Å²) in [5.74, 6) is -0.371. The maximum atomic E-state index is 10.6. The van der Waals surface area contributed by atoms with Gasteiger partial charge in [-0.3, -0.25) is 14.4 Å². The molecule has 1 atom stereocenters. The molecule has 5 heteroatoms. The van der Waals surface area contributed by atoms with Gasteiger partial charge in [-0.15, -0.1) is 0 Å². The SMILES string of the molecule is CCn1cc(CN2CCC(CC(=O)O)C2)cn1. The number of carbonyl (C=O) groups is 1. The molecule has 1 unspecified atom stereocenters. The van der Waals surface area contributed by atoms with E-state index in [0.717, 1.165) is 32.6 Å². The predicted octanol–water partition coefficient (Wildman–Crippen LogP) is 1.20. The first-order valence-corrected chi connectivity index (χ1v) is 6.13. The normalized spacial score (nSPS) is 20.9. The smallest absolute Gasteiger partial charge is 0.303 e. The van der Waals surface area contributed by atoms with Crippen molar-refractivity contribution in [3.05, 3.63) is 18.0 Å². The highest BCUT2D eigenvalue weighted by atomic mass is 16.4. The van der Waals surface area contributed by atoms with Gasteiger partial charge < -0.3 is 5.11 Å². The molecular weight excluding hydrogens is 218 g/mol. The Bertz CT molecular complexity index is 389. The highest BCUT2D eigenvalue weighted by Gasteiger charge is 2.24. The third-order valence-corrected chi connectivity index (χ3v) is 3.25. The summed E-state index contributed by atoms with van der Waals surface area (Å²) in [6.07, 6.45) is 5.25. The van der Waals surface area contributed by atoms with E-state index in [-0.39, 0.29) is 0 Å². The minimum atomic E-state index is -0.685. The first kappa shape index (κ1) is 12.1. The fourth-order valence-electron chi connectivity index (χ4n) is 2.39. The summed E-state index contributed by atoms with van der Waals surface area (Å²) < 4.78 is 1.92. The molecule has 0 spiro atoms. The molecule has 1 aliphatic rings. The van der Waals surface area contributed by atoms with E-state index >= 15 is 0 Å². The molecule has 0 radical (unpaired) electrons. The monoisotopic (exact) mass is 237 g/mol. The van der Waals surface area contributed by atoms with Gasteiger partial charge in [0.2, 0.25) is 0 Å². The van der Waals surface area contributed by atoms with Crippen LogP contribution in [0, 0.1) is 5.92 Å². The Morgan fingerprint density at radius 3 is 3.12 bits per heavy atom. The largest absolute Gasteiger partial charge is 0.481 e. The van der Waals surface area contributed by atoms with Crippen molar-refractivity contribution in [2.24, 2.45) is 5.92 Å². The van der Waals surface area contributed by atoms with Crippen molar-refractivity contribution in [2.45, 2.75) is 32.9 Å². The third kappa shape index (κ3) is 3.30. The number of hydrogen-bond acceptors (Lipinski definition) is 3. The van der Waals surface area contributed by atoms with Crippen LogP contribution in [0.2, 0.25) is 0 Å². The van der Waals surface area contributed by atoms with E-state index in [9.17, 15) is 4.79 Å². The lowest BCUT2D eigenvalue weighted by atomic mass is 10.1. The Morgan fingerprint density at radius 1 is 1.65 bits per heavy atom. The standard InChI is InChI=1S/C12H19N3O2/c1-2-15-9-11(6-13-15)8-14-4-3-10(7-14)5-12(16)17/h6,9-10H,2-5,7-8H2,1H3,(H,16,17). The second kappa shape index (κ2) is 5.31. The summed E-state index contributed by atoms with van der Waals surface area (Å²) in [4.78, 5) is 12.9. The highest BCUT2D eigenvalue weighted by molar-refractivity contribution is 5.67. The number of likely N-dealkylation sites (tertiary alicyclic amines) is 1. The first-order chi connectivity index (χ1) is 8.17. The molecule has 5 nitrogen and oxygen atoms in total. The van der Waals surface area contributed by atoms with E-state index in [2.05, 4.69) is 23.1 Å². The minimum Gasteiger partial charge on any atom is -0.481 e. The van der Waals surface area contributed by atoms with Crippen LogP contribution in [0.1, 0.15) is 25.3 Å². The molecular formula is C12H19N3O2. The Labute approximate surface area is 101 Å². The molecule has 1 aliphatic heterocycles. The Hall–Kier alpha value is -1.36. The van der Waals surface area contributed by atoms with E-state index in [4.69, 9.17) is 5.11 Å². The van der Waals surface area contributed by atoms with Gasteiger partial charge in [0.1, 0.15) is 0 Å². The van der Waals surface area contributed by atoms with Crippen LogP contribution in [0.25, 0.3) is 0 Å². The zero-order valence-electron chi connectivity index (χ0n) is 10.2. The molecule has 1 N–H and O–H groups in total. The van der Waals surface area contributed by atoms with Gasteiger partial charge in [0.15, 0.2) is 0 Å². The number of aryl methyl sites for hydroxylation is 1. The maximum Gasteiger partial charge on any atom is 0.303 e. The zero-order valence-corrected chi connectivity index (χ0v) is 10.2. The molecule has 1 aromatic heterocycles.